The number of nitrogens with one attached hydrogen (secondary N) is 2. The van der Waals surface area contributed by atoms with E-state index in [-0.39, 0.29) is 5.91 Å². The lowest BCUT2D eigenvalue weighted by atomic mass is 10.1. The zero-order valence-electron chi connectivity index (χ0n) is 8.73. The fourth-order valence-electron chi connectivity index (χ4n) is 1.75. The lowest BCUT2D eigenvalue weighted by molar-refractivity contribution is 0.0958. The van der Waals surface area contributed by atoms with Gasteiger partial charge in [0.2, 0.25) is 0 Å². The molecule has 2 N–H and O–H groups in total. The molecule has 1 aromatic heterocycles. The van der Waals surface area contributed by atoms with Crippen LogP contribution in [-0.2, 0) is 0 Å². The van der Waals surface area contributed by atoms with Gasteiger partial charge < -0.3 is 10.6 Å². The normalized spacial score (nSPS) is 21.3. The molecule has 0 spiro atoms. The van der Waals surface area contributed by atoms with Crippen LogP contribution < -0.4 is 10.6 Å². The van der Waals surface area contributed by atoms with E-state index in [1.807, 2.05) is 0 Å². The maximum Gasteiger partial charge on any atom is 0.273 e. The van der Waals surface area contributed by atoms with Crippen LogP contribution in [0.25, 0.3) is 0 Å². The Labute approximate surface area is 88.0 Å². The van der Waals surface area contributed by atoms with Crippen molar-refractivity contribution in [2.45, 2.75) is 18.9 Å². The van der Waals surface area contributed by atoms with Crippen LogP contribution in [0.2, 0.25) is 0 Å². The van der Waals surface area contributed by atoms with E-state index in [2.05, 4.69) is 20.9 Å². The molecule has 1 atom stereocenters. The van der Waals surface area contributed by atoms with Crippen molar-refractivity contribution in [2.75, 3.05) is 20.1 Å². The number of rotatable bonds is 2. The first-order chi connectivity index (χ1) is 7.31. The number of aromatic nitrogens is 3. The van der Waals surface area contributed by atoms with Crippen molar-refractivity contribution in [1.29, 1.82) is 0 Å². The average molecular weight is 209 g/mol. The van der Waals surface area contributed by atoms with Crippen molar-refractivity contribution < 1.29 is 4.79 Å². The van der Waals surface area contributed by atoms with E-state index < -0.39 is 0 Å². The molecular formula is C9H15N5O. The van der Waals surface area contributed by atoms with Gasteiger partial charge >= 0.3 is 0 Å². The van der Waals surface area contributed by atoms with E-state index >= 15 is 0 Å². The summed E-state index contributed by atoms with van der Waals surface area (Å²) in [4.78, 5) is 11.3. The third-order valence-electron chi connectivity index (χ3n) is 2.61. The van der Waals surface area contributed by atoms with Crippen molar-refractivity contribution in [3.05, 3.63) is 11.9 Å². The fraction of sp³-hybridized carbons (Fsp3) is 0.667. The molecule has 0 aromatic carbocycles. The van der Waals surface area contributed by atoms with Crippen LogP contribution in [0.15, 0.2) is 6.20 Å². The van der Waals surface area contributed by atoms with Gasteiger partial charge in [-0.15, -0.1) is 5.10 Å². The Bertz CT molecular complexity index is 342. The standard InChI is InChI=1S/C9H15N5O/c1-10-9(15)8-6-14(13-12-8)7-3-2-4-11-5-7/h6-7,11H,2-5H2,1H3,(H,10,15)/t7-/m0/s1. The first-order valence-corrected chi connectivity index (χ1v) is 5.16. The predicted octanol–water partition coefficient (Wildman–Crippen LogP) is -0.438. The van der Waals surface area contributed by atoms with Gasteiger partial charge in [-0.05, 0) is 19.4 Å². The van der Waals surface area contributed by atoms with E-state index in [4.69, 9.17) is 0 Å². The van der Waals surface area contributed by atoms with Crippen molar-refractivity contribution in [3.8, 4) is 0 Å². The molecule has 0 radical (unpaired) electrons. The number of carbonyl (C=O) groups is 1. The molecule has 6 nitrogen and oxygen atoms in total. The summed E-state index contributed by atoms with van der Waals surface area (Å²) in [5.41, 5.74) is 0.378. The highest BCUT2D eigenvalue weighted by Crippen LogP contribution is 2.14. The van der Waals surface area contributed by atoms with Gasteiger partial charge in [0.25, 0.3) is 5.91 Å². The van der Waals surface area contributed by atoms with Gasteiger partial charge in [0.15, 0.2) is 5.69 Å². The Balaban J connectivity index is 2.08. The minimum Gasteiger partial charge on any atom is -0.354 e. The summed E-state index contributed by atoms with van der Waals surface area (Å²) in [6.45, 7) is 1.96. The van der Waals surface area contributed by atoms with Crippen molar-refractivity contribution in [2.24, 2.45) is 0 Å². The van der Waals surface area contributed by atoms with Gasteiger partial charge in [0.1, 0.15) is 0 Å². The molecule has 1 aliphatic heterocycles. The zero-order chi connectivity index (χ0) is 10.7. The minimum absolute atomic E-state index is 0.190. The number of hydrogen-bond donors (Lipinski definition) is 2. The second-order valence-electron chi connectivity index (χ2n) is 3.66. The lowest BCUT2D eigenvalue weighted by Crippen LogP contribution is -2.31. The molecule has 2 heterocycles. The average Bonchev–Trinajstić information content (AvgIpc) is 2.78. The van der Waals surface area contributed by atoms with Crippen LogP contribution in [0.5, 0.6) is 0 Å². The molecule has 2 rings (SSSR count). The number of piperidine rings is 1. The highest BCUT2D eigenvalue weighted by Gasteiger charge is 2.17. The summed E-state index contributed by atoms with van der Waals surface area (Å²) in [5, 5.41) is 13.6. The van der Waals surface area contributed by atoms with Crippen LogP contribution in [0.4, 0.5) is 0 Å². The second kappa shape index (κ2) is 4.39. The van der Waals surface area contributed by atoms with E-state index in [0.717, 1.165) is 25.9 Å². The molecule has 0 aliphatic carbocycles. The molecule has 6 heteroatoms. The van der Waals surface area contributed by atoms with Crippen LogP contribution >= 0.6 is 0 Å². The molecule has 0 unspecified atom stereocenters. The van der Waals surface area contributed by atoms with Gasteiger partial charge in [0, 0.05) is 13.6 Å². The summed E-state index contributed by atoms with van der Waals surface area (Å²) >= 11 is 0. The van der Waals surface area contributed by atoms with Crippen LogP contribution in [-0.4, -0.2) is 41.0 Å². The minimum atomic E-state index is -0.190. The Hall–Kier alpha value is -1.43. The first kappa shape index (κ1) is 10.1. The molecule has 82 valence electrons. The summed E-state index contributed by atoms with van der Waals surface area (Å²) in [7, 11) is 1.59. The molecular weight excluding hydrogens is 194 g/mol. The maximum atomic E-state index is 11.3. The Morgan fingerprint density at radius 2 is 2.60 bits per heavy atom. The van der Waals surface area contributed by atoms with Crippen molar-refractivity contribution in [1.82, 2.24) is 25.6 Å². The van der Waals surface area contributed by atoms with Gasteiger partial charge in [-0.3, -0.25) is 4.79 Å². The Morgan fingerprint density at radius 3 is 3.27 bits per heavy atom. The molecule has 1 aliphatic rings. The molecule has 1 fully saturated rings. The zero-order valence-corrected chi connectivity index (χ0v) is 8.73. The van der Waals surface area contributed by atoms with E-state index in [1.54, 1.807) is 17.9 Å². The molecule has 0 saturated carbocycles. The Kier molecular flexibility index (Phi) is 2.96. The van der Waals surface area contributed by atoms with Gasteiger partial charge in [-0.1, -0.05) is 5.21 Å². The van der Waals surface area contributed by atoms with Crippen LogP contribution in [0.3, 0.4) is 0 Å². The highest BCUT2D eigenvalue weighted by molar-refractivity contribution is 5.91. The van der Waals surface area contributed by atoms with Crippen molar-refractivity contribution in [3.63, 3.8) is 0 Å². The molecule has 1 amide bonds. The van der Waals surface area contributed by atoms with E-state index in [0.29, 0.717) is 11.7 Å². The van der Waals surface area contributed by atoms with Gasteiger partial charge in [0.05, 0.1) is 12.2 Å². The lowest BCUT2D eigenvalue weighted by Gasteiger charge is -2.22. The van der Waals surface area contributed by atoms with Crippen LogP contribution in [0, 0.1) is 0 Å². The third-order valence-corrected chi connectivity index (χ3v) is 2.61. The summed E-state index contributed by atoms with van der Waals surface area (Å²) in [6, 6.07) is 0.324. The number of carbonyl (C=O) groups excluding carboxylic acids is 1. The van der Waals surface area contributed by atoms with E-state index in [1.165, 1.54) is 0 Å². The third kappa shape index (κ3) is 2.15. The first-order valence-electron chi connectivity index (χ1n) is 5.16. The van der Waals surface area contributed by atoms with E-state index in [9.17, 15) is 4.79 Å². The summed E-state index contributed by atoms with van der Waals surface area (Å²) in [6.07, 6.45) is 3.93. The van der Waals surface area contributed by atoms with Crippen molar-refractivity contribution >= 4 is 5.91 Å². The smallest absolute Gasteiger partial charge is 0.273 e. The van der Waals surface area contributed by atoms with Gasteiger partial charge in [-0.2, -0.15) is 0 Å². The van der Waals surface area contributed by atoms with Gasteiger partial charge in [-0.25, -0.2) is 4.68 Å². The number of hydrogen-bond acceptors (Lipinski definition) is 4. The quantitative estimate of drug-likeness (QED) is 0.693. The molecule has 0 bridgehead atoms. The maximum absolute atomic E-state index is 11.3. The van der Waals surface area contributed by atoms with Crippen LogP contribution in [0.1, 0.15) is 29.4 Å². The summed E-state index contributed by atoms with van der Waals surface area (Å²) < 4.78 is 1.77. The number of amides is 1. The second-order valence-corrected chi connectivity index (χ2v) is 3.66. The molecule has 15 heavy (non-hydrogen) atoms. The largest absolute Gasteiger partial charge is 0.354 e. The number of nitrogens with zero attached hydrogens (tertiary/aromatic N) is 3. The Morgan fingerprint density at radius 1 is 1.73 bits per heavy atom. The highest BCUT2D eigenvalue weighted by atomic mass is 16.1. The molecule has 1 saturated heterocycles. The monoisotopic (exact) mass is 209 g/mol. The predicted molar refractivity (Wildman–Crippen MR) is 54.6 cm³/mol. The topological polar surface area (TPSA) is 71.8 Å². The summed E-state index contributed by atoms with van der Waals surface area (Å²) in [5.74, 6) is -0.190. The fourth-order valence-corrected chi connectivity index (χ4v) is 1.75. The molecule has 1 aromatic rings. The SMILES string of the molecule is CNC(=O)c1cn([C@H]2CCCNC2)nn1.